The monoisotopic (exact) mass is 390 g/mol. The number of aryl methyl sites for hydroxylation is 2. The van der Waals surface area contributed by atoms with Crippen molar-refractivity contribution in [1.29, 1.82) is 0 Å². The third-order valence-corrected chi connectivity index (χ3v) is 5.54. The van der Waals surface area contributed by atoms with E-state index >= 15 is 0 Å². The number of ether oxygens (including phenoxy) is 1. The molecule has 0 aliphatic heterocycles. The fourth-order valence-electron chi connectivity index (χ4n) is 2.47. The summed E-state index contributed by atoms with van der Waals surface area (Å²) in [6.07, 6.45) is 5.77. The van der Waals surface area contributed by atoms with Gasteiger partial charge >= 0.3 is 5.97 Å². The Hall–Kier alpha value is -2.48. The van der Waals surface area contributed by atoms with Crippen molar-refractivity contribution in [3.63, 3.8) is 0 Å². The Balaban J connectivity index is 2.32. The SMILES string of the molecule is CCOC(=O)c1sc(N(C(=O)/C=C/c2cnn(C)c2C)[C@H](C)CC)nc1C. The molecule has 7 nitrogen and oxygen atoms in total. The van der Waals surface area contributed by atoms with Crippen molar-refractivity contribution in [3.05, 3.63) is 34.1 Å². The molecule has 1 amide bonds. The highest BCUT2D eigenvalue weighted by Gasteiger charge is 2.25. The van der Waals surface area contributed by atoms with Gasteiger partial charge in [0.25, 0.3) is 5.91 Å². The van der Waals surface area contributed by atoms with Gasteiger partial charge in [0.1, 0.15) is 4.88 Å². The summed E-state index contributed by atoms with van der Waals surface area (Å²) in [6.45, 7) is 9.72. The van der Waals surface area contributed by atoms with Gasteiger partial charge in [0.05, 0.1) is 18.5 Å². The van der Waals surface area contributed by atoms with E-state index in [1.54, 1.807) is 35.7 Å². The van der Waals surface area contributed by atoms with E-state index in [1.807, 2.05) is 27.8 Å². The van der Waals surface area contributed by atoms with Crippen LogP contribution in [0.5, 0.6) is 0 Å². The van der Waals surface area contributed by atoms with E-state index in [1.165, 1.54) is 17.4 Å². The van der Waals surface area contributed by atoms with Gasteiger partial charge < -0.3 is 4.74 Å². The lowest BCUT2D eigenvalue weighted by Crippen LogP contribution is -2.37. The number of rotatable bonds is 7. The van der Waals surface area contributed by atoms with Crippen molar-refractivity contribution in [3.8, 4) is 0 Å². The topological polar surface area (TPSA) is 77.3 Å². The van der Waals surface area contributed by atoms with Crippen LogP contribution in [-0.2, 0) is 16.6 Å². The molecule has 0 saturated carbocycles. The summed E-state index contributed by atoms with van der Waals surface area (Å²) in [5.41, 5.74) is 2.43. The molecule has 2 aromatic heterocycles. The van der Waals surface area contributed by atoms with Crippen LogP contribution in [0.1, 0.15) is 53.8 Å². The highest BCUT2D eigenvalue weighted by molar-refractivity contribution is 7.17. The molecule has 0 aliphatic carbocycles. The zero-order valence-electron chi connectivity index (χ0n) is 16.6. The van der Waals surface area contributed by atoms with E-state index in [-0.39, 0.29) is 11.9 Å². The molecular weight excluding hydrogens is 364 g/mol. The molecule has 2 rings (SSSR count). The van der Waals surface area contributed by atoms with Gasteiger partial charge in [-0.3, -0.25) is 14.4 Å². The standard InChI is InChI=1S/C19H26N4O3S/c1-7-12(3)23(16(24)10-9-15-11-20-22(6)14(15)5)19-21-13(4)17(27-19)18(25)26-8-2/h9-12H,7-8H2,1-6H3/b10-9+/t12-/m1/s1. The predicted molar refractivity (Wildman–Crippen MR) is 107 cm³/mol. The quantitative estimate of drug-likeness (QED) is 0.534. The molecule has 8 heteroatoms. The first-order chi connectivity index (χ1) is 12.8. The second-order valence-corrected chi connectivity index (χ2v) is 7.22. The number of hydrogen-bond acceptors (Lipinski definition) is 6. The Morgan fingerprint density at radius 3 is 2.63 bits per heavy atom. The van der Waals surface area contributed by atoms with E-state index in [0.717, 1.165) is 17.7 Å². The molecule has 0 saturated heterocycles. The van der Waals surface area contributed by atoms with Crippen molar-refractivity contribution < 1.29 is 14.3 Å². The lowest BCUT2D eigenvalue weighted by atomic mass is 10.2. The fraction of sp³-hybridized carbons (Fsp3) is 0.474. The number of nitrogens with zero attached hydrogens (tertiary/aromatic N) is 4. The van der Waals surface area contributed by atoms with Gasteiger partial charge in [-0.1, -0.05) is 18.3 Å². The van der Waals surface area contributed by atoms with Crippen molar-refractivity contribution in [2.45, 2.75) is 47.1 Å². The maximum atomic E-state index is 12.9. The molecule has 2 aromatic rings. The molecule has 0 bridgehead atoms. The van der Waals surface area contributed by atoms with Crippen LogP contribution in [0.15, 0.2) is 12.3 Å². The molecule has 0 aromatic carbocycles. The van der Waals surface area contributed by atoms with Gasteiger partial charge in [0, 0.05) is 30.4 Å². The van der Waals surface area contributed by atoms with Crippen LogP contribution in [-0.4, -0.2) is 39.3 Å². The maximum absolute atomic E-state index is 12.9. The third kappa shape index (κ3) is 4.63. The zero-order valence-corrected chi connectivity index (χ0v) is 17.5. The normalized spacial score (nSPS) is 12.4. The molecule has 146 valence electrons. The summed E-state index contributed by atoms with van der Waals surface area (Å²) in [6, 6.07) is -0.0576. The minimum atomic E-state index is -0.406. The lowest BCUT2D eigenvalue weighted by molar-refractivity contribution is -0.114. The van der Waals surface area contributed by atoms with Gasteiger partial charge in [0.15, 0.2) is 5.13 Å². The number of hydrogen-bond donors (Lipinski definition) is 0. The second-order valence-electron chi connectivity index (χ2n) is 6.24. The van der Waals surface area contributed by atoms with E-state index < -0.39 is 5.97 Å². The van der Waals surface area contributed by atoms with Crippen LogP contribution in [0, 0.1) is 13.8 Å². The first-order valence-corrected chi connectivity index (χ1v) is 9.76. The fourth-order valence-corrected chi connectivity index (χ4v) is 3.54. The summed E-state index contributed by atoms with van der Waals surface area (Å²) in [4.78, 5) is 31.5. The van der Waals surface area contributed by atoms with Gasteiger partial charge in [-0.2, -0.15) is 5.10 Å². The summed E-state index contributed by atoms with van der Waals surface area (Å²) in [7, 11) is 1.86. The molecule has 0 aliphatic rings. The first kappa shape index (κ1) is 20.8. The molecule has 0 N–H and O–H groups in total. The lowest BCUT2D eigenvalue weighted by Gasteiger charge is -2.24. The average molecular weight is 391 g/mol. The van der Waals surface area contributed by atoms with Gasteiger partial charge in [0.2, 0.25) is 0 Å². The molecule has 27 heavy (non-hydrogen) atoms. The zero-order chi connectivity index (χ0) is 20.1. The number of anilines is 1. The van der Waals surface area contributed by atoms with Crippen molar-refractivity contribution in [1.82, 2.24) is 14.8 Å². The number of carbonyl (C=O) groups is 2. The van der Waals surface area contributed by atoms with Crippen LogP contribution in [0.25, 0.3) is 6.08 Å². The summed E-state index contributed by atoms with van der Waals surface area (Å²) >= 11 is 1.19. The molecule has 0 spiro atoms. The Bertz CT molecular complexity index is 853. The highest BCUT2D eigenvalue weighted by atomic mass is 32.1. The number of amides is 1. The molecular formula is C19H26N4O3S. The van der Waals surface area contributed by atoms with Gasteiger partial charge in [-0.05, 0) is 40.2 Å². The average Bonchev–Trinajstić information content (AvgIpc) is 3.16. The van der Waals surface area contributed by atoms with Crippen molar-refractivity contribution >= 4 is 34.4 Å². The highest BCUT2D eigenvalue weighted by Crippen LogP contribution is 2.29. The summed E-state index contributed by atoms with van der Waals surface area (Å²) in [5, 5.41) is 4.68. The van der Waals surface area contributed by atoms with E-state index in [2.05, 4.69) is 10.1 Å². The molecule has 0 fully saturated rings. The number of thiazole rings is 1. The van der Waals surface area contributed by atoms with Crippen LogP contribution < -0.4 is 4.90 Å². The smallest absolute Gasteiger partial charge is 0.350 e. The van der Waals surface area contributed by atoms with Crippen molar-refractivity contribution in [2.75, 3.05) is 11.5 Å². The first-order valence-electron chi connectivity index (χ1n) is 8.94. The van der Waals surface area contributed by atoms with E-state index in [0.29, 0.717) is 22.3 Å². The minimum Gasteiger partial charge on any atom is -0.462 e. The Morgan fingerprint density at radius 2 is 2.07 bits per heavy atom. The minimum absolute atomic E-state index is 0.0576. The molecule has 0 unspecified atom stereocenters. The maximum Gasteiger partial charge on any atom is 0.350 e. The number of aromatic nitrogens is 3. The summed E-state index contributed by atoms with van der Waals surface area (Å²) in [5.74, 6) is -0.589. The van der Waals surface area contributed by atoms with Crippen molar-refractivity contribution in [2.24, 2.45) is 7.05 Å². The van der Waals surface area contributed by atoms with Crippen LogP contribution in [0.3, 0.4) is 0 Å². The largest absolute Gasteiger partial charge is 0.462 e. The van der Waals surface area contributed by atoms with E-state index in [4.69, 9.17) is 4.74 Å². The Morgan fingerprint density at radius 1 is 1.37 bits per heavy atom. The Labute approximate surface area is 163 Å². The second kappa shape index (κ2) is 8.94. The molecule has 2 heterocycles. The number of carbonyl (C=O) groups excluding carboxylic acids is 2. The molecule has 1 atom stereocenters. The van der Waals surface area contributed by atoms with E-state index in [9.17, 15) is 9.59 Å². The van der Waals surface area contributed by atoms with Crippen LogP contribution in [0.2, 0.25) is 0 Å². The summed E-state index contributed by atoms with van der Waals surface area (Å²) < 4.78 is 6.83. The van der Waals surface area contributed by atoms with Gasteiger partial charge in [-0.25, -0.2) is 9.78 Å². The molecule has 0 radical (unpaired) electrons. The third-order valence-electron chi connectivity index (χ3n) is 4.40. The number of esters is 1. The van der Waals surface area contributed by atoms with Crippen LogP contribution in [0.4, 0.5) is 5.13 Å². The van der Waals surface area contributed by atoms with Gasteiger partial charge in [-0.15, -0.1) is 0 Å². The Kier molecular flexibility index (Phi) is 6.90. The van der Waals surface area contributed by atoms with Crippen LogP contribution >= 0.6 is 11.3 Å². The predicted octanol–water partition coefficient (Wildman–Crippen LogP) is 3.52.